The predicted molar refractivity (Wildman–Crippen MR) is 79.9 cm³/mol. The van der Waals surface area contributed by atoms with Crippen LogP contribution in [0.25, 0.3) is 0 Å². The number of carboxylic acids is 1. The minimum absolute atomic E-state index is 0.0339. The second-order valence-electron chi connectivity index (χ2n) is 4.20. The van der Waals surface area contributed by atoms with E-state index >= 15 is 0 Å². The molecule has 1 aromatic heterocycles. The lowest BCUT2D eigenvalue weighted by molar-refractivity contribution is 0.0693. The molecular weight excluding hydrogens is 346 g/mol. The summed E-state index contributed by atoms with van der Waals surface area (Å²) >= 11 is 9.37. The average molecular weight is 357 g/mol. The number of ether oxygens (including phenoxy) is 1. The van der Waals surface area contributed by atoms with Crippen molar-refractivity contribution in [2.45, 2.75) is 13.8 Å². The van der Waals surface area contributed by atoms with E-state index in [2.05, 4.69) is 20.9 Å². The zero-order chi connectivity index (χ0) is 14.9. The van der Waals surface area contributed by atoms with Gasteiger partial charge in [0.2, 0.25) is 0 Å². The second kappa shape index (κ2) is 5.81. The van der Waals surface area contributed by atoms with Crippen LogP contribution in [0.4, 0.5) is 0 Å². The Morgan fingerprint density at radius 3 is 2.65 bits per heavy atom. The molecule has 4 nitrogen and oxygen atoms in total. The molecule has 0 saturated carbocycles. The number of benzene rings is 1. The van der Waals surface area contributed by atoms with E-state index in [4.69, 9.17) is 16.3 Å². The van der Waals surface area contributed by atoms with Crippen molar-refractivity contribution in [1.82, 2.24) is 4.98 Å². The lowest BCUT2D eigenvalue weighted by atomic mass is 10.1. The van der Waals surface area contributed by atoms with E-state index in [9.17, 15) is 9.90 Å². The average Bonchev–Trinajstić information content (AvgIpc) is 2.32. The Kier molecular flexibility index (Phi) is 4.30. The Labute approximate surface area is 129 Å². The van der Waals surface area contributed by atoms with Gasteiger partial charge in [0.25, 0.3) is 0 Å². The van der Waals surface area contributed by atoms with Crippen molar-refractivity contribution < 1.29 is 14.6 Å². The molecule has 1 heterocycles. The second-order valence-corrected chi connectivity index (χ2v) is 5.53. The molecule has 0 radical (unpaired) electrons. The molecule has 0 amide bonds. The fourth-order valence-electron chi connectivity index (χ4n) is 1.81. The highest BCUT2D eigenvalue weighted by atomic mass is 79.9. The number of aromatic carboxylic acids is 1. The molecule has 0 aliphatic heterocycles. The first-order valence-electron chi connectivity index (χ1n) is 5.73. The molecule has 6 heteroatoms. The van der Waals surface area contributed by atoms with E-state index in [1.807, 2.05) is 0 Å². The zero-order valence-electron chi connectivity index (χ0n) is 10.8. The predicted octanol–water partition coefficient (Wildman–Crippen LogP) is 4.60. The maximum atomic E-state index is 11.3. The molecular formula is C14H11BrClNO3. The molecule has 104 valence electrons. The number of pyridine rings is 1. The summed E-state index contributed by atoms with van der Waals surface area (Å²) in [4.78, 5) is 15.5. The molecule has 0 unspecified atom stereocenters. The van der Waals surface area contributed by atoms with Gasteiger partial charge in [-0.3, -0.25) is 4.98 Å². The van der Waals surface area contributed by atoms with Gasteiger partial charge in [0.05, 0.1) is 10.7 Å². The van der Waals surface area contributed by atoms with Gasteiger partial charge in [0.15, 0.2) is 0 Å². The van der Waals surface area contributed by atoms with E-state index in [1.54, 1.807) is 38.1 Å². The Morgan fingerprint density at radius 1 is 1.30 bits per heavy atom. The third-order valence-corrected chi connectivity index (χ3v) is 3.42. The summed E-state index contributed by atoms with van der Waals surface area (Å²) in [7, 11) is 0. The molecule has 1 aromatic carbocycles. The molecule has 0 atom stereocenters. The number of hydrogen-bond donors (Lipinski definition) is 1. The Morgan fingerprint density at radius 2 is 2.00 bits per heavy atom. The van der Waals surface area contributed by atoms with Crippen LogP contribution in [-0.4, -0.2) is 16.1 Å². The van der Waals surface area contributed by atoms with Gasteiger partial charge in [0.1, 0.15) is 17.1 Å². The van der Waals surface area contributed by atoms with Crippen molar-refractivity contribution in [1.29, 1.82) is 0 Å². The highest BCUT2D eigenvalue weighted by molar-refractivity contribution is 9.10. The van der Waals surface area contributed by atoms with Gasteiger partial charge in [-0.1, -0.05) is 27.5 Å². The number of rotatable bonds is 3. The first-order valence-corrected chi connectivity index (χ1v) is 6.90. The van der Waals surface area contributed by atoms with Gasteiger partial charge in [-0.05, 0) is 32.0 Å². The zero-order valence-corrected chi connectivity index (χ0v) is 13.1. The van der Waals surface area contributed by atoms with Crippen molar-refractivity contribution in [2.75, 3.05) is 0 Å². The summed E-state index contributed by atoms with van der Waals surface area (Å²) < 4.78 is 6.45. The number of carbonyl (C=O) groups is 1. The van der Waals surface area contributed by atoms with Crippen LogP contribution in [0, 0.1) is 13.8 Å². The van der Waals surface area contributed by atoms with E-state index in [-0.39, 0.29) is 11.3 Å². The van der Waals surface area contributed by atoms with Crippen LogP contribution in [0.5, 0.6) is 11.5 Å². The van der Waals surface area contributed by atoms with Crippen molar-refractivity contribution in [2.24, 2.45) is 0 Å². The van der Waals surface area contributed by atoms with Crippen LogP contribution >= 0.6 is 27.5 Å². The summed E-state index contributed by atoms with van der Waals surface area (Å²) in [5.41, 5.74) is 1.11. The maximum Gasteiger partial charge on any atom is 0.341 e. The lowest BCUT2D eigenvalue weighted by Crippen LogP contribution is -2.06. The van der Waals surface area contributed by atoms with E-state index < -0.39 is 5.97 Å². The van der Waals surface area contributed by atoms with Gasteiger partial charge >= 0.3 is 5.97 Å². The smallest absolute Gasteiger partial charge is 0.341 e. The van der Waals surface area contributed by atoms with Gasteiger partial charge in [0, 0.05) is 16.2 Å². The fraction of sp³-hybridized carbons (Fsp3) is 0.143. The van der Waals surface area contributed by atoms with Crippen molar-refractivity contribution in [3.05, 3.63) is 50.7 Å². The third kappa shape index (κ3) is 3.11. The van der Waals surface area contributed by atoms with E-state index in [0.29, 0.717) is 22.2 Å². The maximum absolute atomic E-state index is 11.3. The van der Waals surface area contributed by atoms with Crippen molar-refractivity contribution in [3.63, 3.8) is 0 Å². The molecule has 0 bridgehead atoms. The van der Waals surface area contributed by atoms with Crippen LogP contribution in [-0.2, 0) is 0 Å². The summed E-state index contributed by atoms with van der Waals surface area (Å²) in [5.74, 6) is -0.479. The minimum atomic E-state index is -1.09. The van der Waals surface area contributed by atoms with Gasteiger partial charge in [-0.25, -0.2) is 4.79 Å². The first-order chi connectivity index (χ1) is 9.38. The molecule has 1 N–H and O–H groups in total. The van der Waals surface area contributed by atoms with Crippen LogP contribution in [0.3, 0.4) is 0 Å². The Balaban J connectivity index is 2.53. The summed E-state index contributed by atoms with van der Waals surface area (Å²) in [6.45, 7) is 3.40. The Hall–Kier alpha value is -1.59. The molecule has 0 spiro atoms. The normalized spacial score (nSPS) is 10.4. The number of carboxylic acid groups (broad SMARTS) is 1. The SMILES string of the molecule is Cc1cc(Oc2cc(Br)ccc2Cl)c(C(=O)O)c(C)n1. The van der Waals surface area contributed by atoms with E-state index in [0.717, 1.165) is 4.47 Å². The summed E-state index contributed by atoms with van der Waals surface area (Å²) in [6, 6.07) is 6.70. The molecule has 20 heavy (non-hydrogen) atoms. The number of aromatic nitrogens is 1. The highest BCUT2D eigenvalue weighted by Crippen LogP contribution is 2.34. The number of nitrogens with zero attached hydrogens (tertiary/aromatic N) is 1. The number of halogens is 2. The standard InChI is InChI=1S/C14H11BrClNO3/c1-7-5-12(13(14(18)19)8(2)17-7)20-11-6-9(15)3-4-10(11)16/h3-6H,1-2H3,(H,18,19). The van der Waals surface area contributed by atoms with Crippen molar-refractivity contribution in [3.8, 4) is 11.5 Å². The minimum Gasteiger partial charge on any atom is -0.477 e. The van der Waals surface area contributed by atoms with Gasteiger partial charge in [-0.2, -0.15) is 0 Å². The quantitative estimate of drug-likeness (QED) is 0.873. The third-order valence-electron chi connectivity index (χ3n) is 2.62. The van der Waals surface area contributed by atoms with E-state index in [1.165, 1.54) is 0 Å². The number of aryl methyl sites for hydroxylation is 2. The topological polar surface area (TPSA) is 59.4 Å². The van der Waals surface area contributed by atoms with Crippen LogP contribution in [0.15, 0.2) is 28.7 Å². The monoisotopic (exact) mass is 355 g/mol. The highest BCUT2D eigenvalue weighted by Gasteiger charge is 2.18. The van der Waals surface area contributed by atoms with Gasteiger partial charge < -0.3 is 9.84 Å². The summed E-state index contributed by atoms with van der Waals surface area (Å²) in [6.07, 6.45) is 0. The van der Waals surface area contributed by atoms with Gasteiger partial charge in [-0.15, -0.1) is 0 Å². The number of hydrogen-bond acceptors (Lipinski definition) is 3. The van der Waals surface area contributed by atoms with Crippen molar-refractivity contribution >= 4 is 33.5 Å². The molecule has 2 rings (SSSR count). The molecule has 0 saturated heterocycles. The van der Waals surface area contributed by atoms with Crippen LogP contribution < -0.4 is 4.74 Å². The van der Waals surface area contributed by atoms with Crippen LogP contribution in [0.1, 0.15) is 21.7 Å². The first kappa shape index (κ1) is 14.8. The van der Waals surface area contributed by atoms with Crippen LogP contribution in [0.2, 0.25) is 5.02 Å². The molecule has 0 fully saturated rings. The molecule has 0 aliphatic rings. The Bertz CT molecular complexity index is 688. The largest absolute Gasteiger partial charge is 0.477 e. The fourth-order valence-corrected chi connectivity index (χ4v) is 2.30. The molecule has 2 aromatic rings. The lowest BCUT2D eigenvalue weighted by Gasteiger charge is -2.12. The summed E-state index contributed by atoms with van der Waals surface area (Å²) in [5, 5.41) is 9.68. The molecule has 0 aliphatic carbocycles.